The Kier molecular flexibility index (Phi) is 8.23. The second-order valence-corrected chi connectivity index (χ2v) is 7.53. The number of nitrogens with zero attached hydrogens (tertiary/aromatic N) is 2. The molecule has 1 N–H and O–H groups in total. The minimum absolute atomic E-state index is 0.232. The number of aromatic nitrogens is 1. The van der Waals surface area contributed by atoms with Crippen molar-refractivity contribution < 1.29 is 18.8 Å². The van der Waals surface area contributed by atoms with Crippen molar-refractivity contribution in [2.45, 2.75) is 26.5 Å². The van der Waals surface area contributed by atoms with Gasteiger partial charge in [-0.05, 0) is 39.0 Å². The predicted molar refractivity (Wildman–Crippen MR) is 115 cm³/mol. The average Bonchev–Trinajstić information content (AvgIpc) is 3.17. The molecule has 0 saturated carbocycles. The van der Waals surface area contributed by atoms with Crippen LogP contribution in [0.4, 0.5) is 0 Å². The topological polar surface area (TPSA) is 95.9 Å². The van der Waals surface area contributed by atoms with Gasteiger partial charge in [0.1, 0.15) is 11.5 Å². The summed E-state index contributed by atoms with van der Waals surface area (Å²) in [5.74, 6) is 0.814. The molecule has 1 atom stereocenters. The first-order valence-corrected chi connectivity index (χ1v) is 10.3. The molecule has 2 rings (SSSR count). The van der Waals surface area contributed by atoms with E-state index >= 15 is 0 Å². The molecule has 0 amide bonds. The number of allylic oxidation sites excluding steroid dienone is 4. The number of amidine groups is 1. The quantitative estimate of drug-likeness (QED) is 0.242. The molecule has 29 heavy (non-hydrogen) atoms. The summed E-state index contributed by atoms with van der Waals surface area (Å²) in [6, 6.07) is 0. The second-order valence-electron chi connectivity index (χ2n) is 6.17. The molecular weight excluding hydrogens is 390 g/mol. The average molecular weight is 416 g/mol. The lowest BCUT2D eigenvalue weighted by Gasteiger charge is -2.14. The fraction of sp³-hybridized carbons (Fsp3) is 0.286. The third kappa shape index (κ3) is 6.07. The maximum atomic E-state index is 12.7. The summed E-state index contributed by atoms with van der Waals surface area (Å²) in [5, 5.41) is 3.43. The first-order valence-electron chi connectivity index (χ1n) is 8.96. The van der Waals surface area contributed by atoms with Crippen molar-refractivity contribution in [3.8, 4) is 5.75 Å². The molecule has 0 radical (unpaired) electrons. The summed E-state index contributed by atoms with van der Waals surface area (Å²) in [6.45, 7) is 9.52. The Morgan fingerprint density at radius 2 is 2.21 bits per heavy atom. The van der Waals surface area contributed by atoms with Gasteiger partial charge in [-0.3, -0.25) is 4.98 Å². The third-order valence-electron chi connectivity index (χ3n) is 4.06. The fourth-order valence-electron chi connectivity index (χ4n) is 2.62. The SMILES string of the molecule is C=C/C(=C\C=C1/CN=C([S+]([O-])Cc2ncc(C)c(OC)c2C)N1)OC(=O)/C=C\C. The molecule has 0 saturated heterocycles. The molecule has 1 unspecified atom stereocenters. The van der Waals surface area contributed by atoms with E-state index in [9.17, 15) is 9.35 Å². The molecule has 1 aromatic rings. The van der Waals surface area contributed by atoms with Crippen molar-refractivity contribution in [3.63, 3.8) is 0 Å². The first kappa shape index (κ1) is 22.4. The van der Waals surface area contributed by atoms with Crippen LogP contribution in [0.3, 0.4) is 0 Å². The molecule has 0 fully saturated rings. The van der Waals surface area contributed by atoms with E-state index < -0.39 is 17.1 Å². The van der Waals surface area contributed by atoms with Gasteiger partial charge < -0.3 is 19.3 Å². The summed E-state index contributed by atoms with van der Waals surface area (Å²) in [5.41, 5.74) is 3.25. The van der Waals surface area contributed by atoms with Gasteiger partial charge in [0, 0.05) is 40.3 Å². The molecule has 0 spiro atoms. The molecule has 154 valence electrons. The van der Waals surface area contributed by atoms with Crippen molar-refractivity contribution in [1.29, 1.82) is 0 Å². The number of nitrogens with one attached hydrogen (secondary N) is 1. The summed E-state index contributed by atoms with van der Waals surface area (Å²) >= 11 is -1.38. The summed E-state index contributed by atoms with van der Waals surface area (Å²) in [4.78, 5) is 20.2. The van der Waals surface area contributed by atoms with Crippen LogP contribution in [0.1, 0.15) is 23.7 Å². The van der Waals surface area contributed by atoms with Crippen molar-refractivity contribution in [2.75, 3.05) is 13.7 Å². The number of hydrogen-bond acceptors (Lipinski definition) is 7. The van der Waals surface area contributed by atoms with Crippen LogP contribution >= 0.6 is 0 Å². The molecule has 1 aliphatic rings. The highest BCUT2D eigenvalue weighted by Gasteiger charge is 2.25. The number of aliphatic imine (C=N–C) groups is 1. The number of carbonyl (C=O) groups is 1. The van der Waals surface area contributed by atoms with Crippen LogP contribution in [-0.4, -0.2) is 34.3 Å². The number of ether oxygens (including phenoxy) is 2. The van der Waals surface area contributed by atoms with Crippen LogP contribution in [0.25, 0.3) is 0 Å². The van der Waals surface area contributed by atoms with Gasteiger partial charge in [0.05, 0.1) is 19.3 Å². The number of aryl methyl sites for hydroxylation is 1. The highest BCUT2D eigenvalue weighted by atomic mass is 32.2. The smallest absolute Gasteiger partial charge is 0.335 e. The van der Waals surface area contributed by atoms with E-state index in [0.717, 1.165) is 22.6 Å². The summed E-state index contributed by atoms with van der Waals surface area (Å²) in [6.07, 6.45) is 9.38. The molecule has 0 bridgehead atoms. The maximum absolute atomic E-state index is 12.7. The lowest BCUT2D eigenvalue weighted by molar-refractivity contribution is -0.133. The van der Waals surface area contributed by atoms with Gasteiger partial charge >= 0.3 is 11.1 Å². The van der Waals surface area contributed by atoms with E-state index in [1.165, 1.54) is 12.2 Å². The highest BCUT2D eigenvalue weighted by Crippen LogP contribution is 2.25. The maximum Gasteiger partial charge on any atom is 0.335 e. The number of rotatable bonds is 7. The van der Waals surface area contributed by atoms with Gasteiger partial charge in [-0.25, -0.2) is 9.79 Å². The Hall–Kier alpha value is -2.84. The van der Waals surface area contributed by atoms with Crippen molar-refractivity contribution in [1.82, 2.24) is 10.3 Å². The largest absolute Gasteiger partial charge is 0.609 e. The second kappa shape index (κ2) is 10.6. The Labute approximate surface area is 174 Å². The molecule has 2 heterocycles. The molecule has 1 aromatic heterocycles. The number of esters is 1. The van der Waals surface area contributed by atoms with Crippen molar-refractivity contribution in [3.05, 3.63) is 71.4 Å². The van der Waals surface area contributed by atoms with Gasteiger partial charge in [0.25, 0.3) is 0 Å². The van der Waals surface area contributed by atoms with E-state index in [2.05, 4.69) is 21.9 Å². The third-order valence-corrected chi connectivity index (χ3v) is 5.26. The first-order chi connectivity index (χ1) is 13.9. The van der Waals surface area contributed by atoms with E-state index in [-0.39, 0.29) is 5.75 Å². The van der Waals surface area contributed by atoms with Gasteiger partial charge in [-0.2, -0.15) is 0 Å². The molecule has 8 heteroatoms. The van der Waals surface area contributed by atoms with Gasteiger partial charge in [-0.15, -0.1) is 0 Å². The van der Waals surface area contributed by atoms with E-state index in [0.29, 0.717) is 23.2 Å². The lowest BCUT2D eigenvalue weighted by Crippen LogP contribution is -2.28. The van der Waals surface area contributed by atoms with Gasteiger partial charge in [0.15, 0.2) is 5.75 Å². The van der Waals surface area contributed by atoms with Crippen LogP contribution in [0, 0.1) is 13.8 Å². The van der Waals surface area contributed by atoms with Crippen LogP contribution in [0.5, 0.6) is 5.75 Å². The zero-order valence-corrected chi connectivity index (χ0v) is 17.8. The zero-order valence-electron chi connectivity index (χ0n) is 17.0. The van der Waals surface area contributed by atoms with Crippen LogP contribution in [0.15, 0.2) is 59.6 Å². The molecule has 1 aliphatic heterocycles. The van der Waals surface area contributed by atoms with Crippen molar-refractivity contribution >= 4 is 22.3 Å². The molecule has 0 aliphatic carbocycles. The molecule has 0 aromatic carbocycles. The van der Waals surface area contributed by atoms with Crippen molar-refractivity contribution in [2.24, 2.45) is 4.99 Å². The number of methoxy groups -OCH3 is 1. The van der Waals surface area contributed by atoms with Crippen LogP contribution in [-0.2, 0) is 26.5 Å². The molecular formula is C21H25N3O4S. The van der Waals surface area contributed by atoms with Gasteiger partial charge in [0.2, 0.25) is 0 Å². The predicted octanol–water partition coefficient (Wildman–Crippen LogP) is 2.99. The normalized spacial score (nSPS) is 16.5. The van der Waals surface area contributed by atoms with E-state index in [1.54, 1.807) is 38.5 Å². The fourth-order valence-corrected chi connectivity index (χ4v) is 3.75. The van der Waals surface area contributed by atoms with Crippen LogP contribution < -0.4 is 10.1 Å². The Balaban J connectivity index is 2.03. The summed E-state index contributed by atoms with van der Waals surface area (Å²) in [7, 11) is 1.61. The van der Waals surface area contributed by atoms with Gasteiger partial charge in [-0.1, -0.05) is 12.7 Å². The summed E-state index contributed by atoms with van der Waals surface area (Å²) < 4.78 is 23.2. The van der Waals surface area contributed by atoms with E-state index in [4.69, 9.17) is 9.47 Å². The zero-order chi connectivity index (χ0) is 21.4. The van der Waals surface area contributed by atoms with Crippen LogP contribution in [0.2, 0.25) is 0 Å². The Bertz CT molecular complexity index is 903. The monoisotopic (exact) mass is 415 g/mol. The standard InChI is InChI=1S/C21H25N3O4S/c1-6-8-19(25)28-17(7-2)10-9-16-12-23-21(24-16)29(26)13-18-15(4)20(27-5)14(3)11-22-18/h6-11H,2,12-13H2,1,3-5H3,(H,23,24)/b8-6-,16-9+,17-10+. The minimum atomic E-state index is -1.38. The number of carbonyl (C=O) groups excluding carboxylic acids is 1. The minimum Gasteiger partial charge on any atom is -0.609 e. The number of hydrogen-bond donors (Lipinski definition) is 1. The Morgan fingerprint density at radius 1 is 1.45 bits per heavy atom. The Morgan fingerprint density at radius 3 is 2.86 bits per heavy atom. The van der Waals surface area contributed by atoms with E-state index in [1.807, 2.05) is 13.8 Å². The highest BCUT2D eigenvalue weighted by molar-refractivity contribution is 8.05. The number of pyridine rings is 1. The molecule has 7 nitrogen and oxygen atoms in total. The lowest BCUT2D eigenvalue weighted by atomic mass is 10.1.